The predicted octanol–water partition coefficient (Wildman–Crippen LogP) is 2.25. The minimum atomic E-state index is -1.78. The average molecular weight is 232 g/mol. The van der Waals surface area contributed by atoms with Crippen LogP contribution in [-0.4, -0.2) is 14.2 Å². The molecule has 1 aromatic rings. The SMILES string of the molecule is C[Si](C)(Cl)Nc1ccccc1BCl. The standard InChI is InChI=1S/C8H12BCl2NSi/c1-13(2,11)12-8-6-4-3-5-7(8)9-10/h3-6,9,12H,1-2H3. The van der Waals surface area contributed by atoms with Gasteiger partial charge >= 0.3 is 0 Å². The van der Waals surface area contributed by atoms with Gasteiger partial charge in [0, 0.05) is 5.69 Å². The highest BCUT2D eigenvalue weighted by Gasteiger charge is 2.17. The van der Waals surface area contributed by atoms with E-state index < -0.39 is 7.55 Å². The molecule has 1 N–H and O–H groups in total. The van der Waals surface area contributed by atoms with E-state index in [0.29, 0.717) is 6.69 Å². The summed E-state index contributed by atoms with van der Waals surface area (Å²) in [6.07, 6.45) is 0. The van der Waals surface area contributed by atoms with Gasteiger partial charge < -0.3 is 4.98 Å². The summed E-state index contributed by atoms with van der Waals surface area (Å²) in [5, 5.41) is 0. The molecule has 0 atom stereocenters. The first kappa shape index (κ1) is 11.0. The third-order valence-electron chi connectivity index (χ3n) is 1.59. The Labute approximate surface area is 90.4 Å². The zero-order valence-electron chi connectivity index (χ0n) is 7.77. The highest BCUT2D eigenvalue weighted by atomic mass is 35.6. The maximum absolute atomic E-state index is 6.18. The van der Waals surface area contributed by atoms with Crippen LogP contribution in [-0.2, 0) is 0 Å². The van der Waals surface area contributed by atoms with Gasteiger partial charge in [-0.3, -0.25) is 0 Å². The highest BCUT2D eigenvalue weighted by Crippen LogP contribution is 2.12. The molecule has 0 heterocycles. The van der Waals surface area contributed by atoms with E-state index in [0.717, 1.165) is 11.2 Å². The summed E-state index contributed by atoms with van der Waals surface area (Å²) < 4.78 is 0. The van der Waals surface area contributed by atoms with Gasteiger partial charge in [0.15, 0.2) is 0 Å². The highest BCUT2D eigenvalue weighted by molar-refractivity contribution is 7.20. The number of hydrogen-bond acceptors (Lipinski definition) is 1. The Balaban J connectivity index is 2.87. The Morgan fingerprint density at radius 2 is 1.92 bits per heavy atom. The van der Waals surface area contributed by atoms with E-state index in [2.05, 4.69) is 4.98 Å². The number of anilines is 1. The summed E-state index contributed by atoms with van der Waals surface area (Å²) in [5.41, 5.74) is 2.16. The van der Waals surface area contributed by atoms with Gasteiger partial charge in [-0.25, -0.2) is 0 Å². The van der Waals surface area contributed by atoms with E-state index in [-0.39, 0.29) is 0 Å². The second-order valence-corrected chi connectivity index (χ2v) is 9.69. The van der Waals surface area contributed by atoms with E-state index in [1.54, 1.807) is 0 Å². The van der Waals surface area contributed by atoms with Crippen LogP contribution in [0.25, 0.3) is 0 Å². The molecule has 70 valence electrons. The van der Waals surface area contributed by atoms with Crippen LogP contribution in [0.5, 0.6) is 0 Å². The molecule has 1 rings (SSSR count). The summed E-state index contributed by atoms with van der Waals surface area (Å²) in [6.45, 7) is 4.60. The van der Waals surface area contributed by atoms with Crippen molar-refractivity contribution in [3.05, 3.63) is 24.3 Å². The molecular formula is C8H12BCl2NSi. The minimum Gasteiger partial charge on any atom is -0.399 e. The number of nitrogens with one attached hydrogen (secondary N) is 1. The molecule has 1 aromatic carbocycles. The van der Waals surface area contributed by atoms with Crippen molar-refractivity contribution >= 4 is 47.9 Å². The van der Waals surface area contributed by atoms with Gasteiger partial charge in [0.2, 0.25) is 7.55 Å². The molecule has 0 radical (unpaired) electrons. The summed E-state index contributed by atoms with van der Waals surface area (Å²) in [7, 11) is -1.78. The summed E-state index contributed by atoms with van der Waals surface area (Å²) >= 11 is 12.0. The lowest BCUT2D eigenvalue weighted by molar-refractivity contribution is 1.66. The lowest BCUT2D eigenvalue weighted by Crippen LogP contribution is -2.32. The van der Waals surface area contributed by atoms with Gasteiger partial charge in [-0.1, -0.05) is 18.2 Å². The molecule has 0 saturated heterocycles. The van der Waals surface area contributed by atoms with Crippen LogP contribution in [0.2, 0.25) is 13.1 Å². The monoisotopic (exact) mass is 231 g/mol. The molecule has 5 heteroatoms. The van der Waals surface area contributed by atoms with Crippen molar-refractivity contribution in [1.82, 2.24) is 0 Å². The van der Waals surface area contributed by atoms with Crippen molar-refractivity contribution in [2.45, 2.75) is 13.1 Å². The van der Waals surface area contributed by atoms with E-state index >= 15 is 0 Å². The van der Waals surface area contributed by atoms with E-state index in [4.69, 9.17) is 22.5 Å². The van der Waals surface area contributed by atoms with Crippen molar-refractivity contribution in [2.24, 2.45) is 0 Å². The van der Waals surface area contributed by atoms with Crippen LogP contribution >= 0.6 is 22.5 Å². The van der Waals surface area contributed by atoms with Crippen molar-refractivity contribution in [3.8, 4) is 0 Å². The molecule has 1 nitrogen and oxygen atoms in total. The second-order valence-electron chi connectivity index (χ2n) is 3.39. The molecule has 0 aliphatic carbocycles. The first-order valence-electron chi connectivity index (χ1n) is 4.14. The van der Waals surface area contributed by atoms with Gasteiger partial charge in [-0.05, 0) is 24.6 Å². The molecule has 0 unspecified atom stereocenters. The number of rotatable bonds is 3. The Hall–Kier alpha value is -0.118. The Morgan fingerprint density at radius 3 is 2.46 bits per heavy atom. The van der Waals surface area contributed by atoms with Crippen LogP contribution in [0.15, 0.2) is 24.3 Å². The fraction of sp³-hybridized carbons (Fsp3) is 0.250. The van der Waals surface area contributed by atoms with E-state index in [9.17, 15) is 0 Å². The second kappa shape index (κ2) is 4.40. The van der Waals surface area contributed by atoms with Crippen molar-refractivity contribution in [3.63, 3.8) is 0 Å². The summed E-state index contributed by atoms with van der Waals surface area (Å²) in [4.78, 5) is 3.32. The Bertz CT molecular complexity index is 288. The fourth-order valence-electron chi connectivity index (χ4n) is 1.08. The molecule has 13 heavy (non-hydrogen) atoms. The third kappa shape index (κ3) is 3.63. The number of benzene rings is 1. The van der Waals surface area contributed by atoms with E-state index in [1.165, 1.54) is 0 Å². The van der Waals surface area contributed by atoms with Crippen molar-refractivity contribution in [1.29, 1.82) is 0 Å². The smallest absolute Gasteiger partial charge is 0.267 e. The number of halogens is 2. The van der Waals surface area contributed by atoms with Gasteiger partial charge in [-0.15, -0.1) is 11.1 Å². The van der Waals surface area contributed by atoms with E-state index in [1.807, 2.05) is 37.4 Å². The zero-order chi connectivity index (χ0) is 9.90. The molecular weight excluding hydrogens is 220 g/mol. The van der Waals surface area contributed by atoms with Crippen LogP contribution < -0.4 is 10.4 Å². The van der Waals surface area contributed by atoms with Gasteiger partial charge in [-0.2, -0.15) is 11.5 Å². The molecule has 0 amide bonds. The average Bonchev–Trinajstić information content (AvgIpc) is 2.02. The largest absolute Gasteiger partial charge is 0.399 e. The van der Waals surface area contributed by atoms with Crippen molar-refractivity contribution in [2.75, 3.05) is 4.98 Å². The van der Waals surface area contributed by atoms with Crippen LogP contribution in [0, 0.1) is 0 Å². The van der Waals surface area contributed by atoms with Gasteiger partial charge in [0.25, 0.3) is 6.69 Å². The molecule has 0 fully saturated rings. The quantitative estimate of drug-likeness (QED) is 0.622. The fourth-order valence-corrected chi connectivity index (χ4v) is 2.50. The third-order valence-corrected chi connectivity index (χ3v) is 3.03. The van der Waals surface area contributed by atoms with Crippen molar-refractivity contribution < 1.29 is 0 Å². The van der Waals surface area contributed by atoms with Crippen LogP contribution in [0.3, 0.4) is 0 Å². The topological polar surface area (TPSA) is 12.0 Å². The Kier molecular flexibility index (Phi) is 3.71. The van der Waals surface area contributed by atoms with Gasteiger partial charge in [0.1, 0.15) is 0 Å². The first-order chi connectivity index (χ1) is 6.03. The molecule has 0 aliphatic heterocycles. The van der Waals surface area contributed by atoms with Crippen LogP contribution in [0.4, 0.5) is 5.69 Å². The summed E-state index contributed by atoms with van der Waals surface area (Å²) in [5.74, 6) is 0. The number of para-hydroxylation sites is 1. The normalized spacial score (nSPS) is 11.1. The lowest BCUT2D eigenvalue weighted by Gasteiger charge is -2.18. The van der Waals surface area contributed by atoms with Gasteiger partial charge in [0.05, 0.1) is 0 Å². The summed E-state index contributed by atoms with van der Waals surface area (Å²) in [6, 6.07) is 7.97. The zero-order valence-corrected chi connectivity index (χ0v) is 10.3. The molecule has 0 spiro atoms. The lowest BCUT2D eigenvalue weighted by atomic mass is 9.93. The molecule has 0 saturated carbocycles. The minimum absolute atomic E-state index is 0.518. The first-order valence-corrected chi connectivity index (χ1v) is 8.68. The van der Waals surface area contributed by atoms with Crippen LogP contribution in [0.1, 0.15) is 0 Å². The maximum Gasteiger partial charge on any atom is 0.267 e. The molecule has 0 aliphatic rings. The molecule has 0 aromatic heterocycles. The Morgan fingerprint density at radius 1 is 1.31 bits per heavy atom. The maximum atomic E-state index is 6.18. The number of hydrogen-bond donors (Lipinski definition) is 1. The molecule has 0 bridgehead atoms. The predicted molar refractivity (Wildman–Crippen MR) is 66.0 cm³/mol.